The van der Waals surface area contributed by atoms with E-state index in [9.17, 15) is 4.79 Å². The fourth-order valence-electron chi connectivity index (χ4n) is 3.11. The highest BCUT2D eigenvalue weighted by Crippen LogP contribution is 2.29. The van der Waals surface area contributed by atoms with Gasteiger partial charge in [0.15, 0.2) is 0 Å². The molecular formula is C19H21ClN2O2. The first kappa shape index (κ1) is 16.7. The van der Waals surface area contributed by atoms with E-state index in [0.717, 1.165) is 24.9 Å². The van der Waals surface area contributed by atoms with Crippen LogP contribution >= 0.6 is 11.6 Å². The van der Waals surface area contributed by atoms with Crippen molar-refractivity contribution in [3.63, 3.8) is 0 Å². The molecule has 0 bridgehead atoms. The van der Waals surface area contributed by atoms with Gasteiger partial charge in [0, 0.05) is 5.69 Å². The molecule has 0 spiro atoms. The number of nitrogens with one attached hydrogen (secondary N) is 2. The van der Waals surface area contributed by atoms with Crippen LogP contribution in [0.2, 0.25) is 5.02 Å². The van der Waals surface area contributed by atoms with E-state index in [2.05, 4.69) is 28.8 Å². The number of anilines is 1. The minimum atomic E-state index is -0.0244. The molecule has 0 heterocycles. The fourth-order valence-corrected chi connectivity index (χ4v) is 3.37. The first-order valence-electron chi connectivity index (χ1n) is 8.12. The molecule has 0 aliphatic heterocycles. The van der Waals surface area contributed by atoms with Gasteiger partial charge < -0.3 is 15.4 Å². The van der Waals surface area contributed by atoms with Crippen molar-refractivity contribution >= 4 is 23.2 Å². The van der Waals surface area contributed by atoms with Crippen LogP contribution in [0.15, 0.2) is 42.5 Å². The average molecular weight is 345 g/mol. The number of fused-ring (bicyclic) bond motifs is 1. The Kier molecular flexibility index (Phi) is 5.26. The number of ether oxygens (including phenoxy) is 1. The van der Waals surface area contributed by atoms with E-state index >= 15 is 0 Å². The smallest absolute Gasteiger partial charge is 0.239 e. The summed E-state index contributed by atoms with van der Waals surface area (Å²) >= 11 is 6.09. The summed E-state index contributed by atoms with van der Waals surface area (Å²) in [7, 11) is 1.57. The maximum absolute atomic E-state index is 12.3. The lowest BCUT2D eigenvalue weighted by Crippen LogP contribution is -2.35. The van der Waals surface area contributed by atoms with Crippen LogP contribution in [-0.4, -0.2) is 19.6 Å². The first-order valence-corrected chi connectivity index (χ1v) is 8.50. The molecular weight excluding hydrogens is 324 g/mol. The number of hydrogen-bond donors (Lipinski definition) is 2. The number of benzene rings is 2. The summed E-state index contributed by atoms with van der Waals surface area (Å²) in [6.45, 7) is 0.210. The van der Waals surface area contributed by atoms with Gasteiger partial charge in [0.05, 0.1) is 24.7 Å². The second-order valence-corrected chi connectivity index (χ2v) is 6.32. The van der Waals surface area contributed by atoms with Gasteiger partial charge in [-0.15, -0.1) is 0 Å². The van der Waals surface area contributed by atoms with Crippen molar-refractivity contribution in [3.8, 4) is 5.75 Å². The van der Waals surface area contributed by atoms with Gasteiger partial charge in [-0.3, -0.25) is 4.79 Å². The highest BCUT2D eigenvalue weighted by atomic mass is 35.5. The molecule has 1 aliphatic rings. The van der Waals surface area contributed by atoms with Gasteiger partial charge in [-0.25, -0.2) is 0 Å². The van der Waals surface area contributed by atoms with Gasteiger partial charge >= 0.3 is 0 Å². The largest absolute Gasteiger partial charge is 0.495 e. The van der Waals surface area contributed by atoms with Crippen molar-refractivity contribution in [1.82, 2.24) is 5.32 Å². The summed E-state index contributed by atoms with van der Waals surface area (Å²) in [6, 6.07) is 13.8. The zero-order chi connectivity index (χ0) is 16.9. The summed E-state index contributed by atoms with van der Waals surface area (Å²) in [5.74, 6) is 0.592. The van der Waals surface area contributed by atoms with Crippen molar-refractivity contribution in [1.29, 1.82) is 0 Å². The van der Waals surface area contributed by atoms with Gasteiger partial charge in [0.25, 0.3) is 0 Å². The highest BCUT2D eigenvalue weighted by molar-refractivity contribution is 6.32. The zero-order valence-electron chi connectivity index (χ0n) is 13.6. The van der Waals surface area contributed by atoms with Gasteiger partial charge in [-0.1, -0.05) is 35.9 Å². The first-order chi connectivity index (χ1) is 11.7. The summed E-state index contributed by atoms with van der Waals surface area (Å²) in [4.78, 5) is 12.3. The van der Waals surface area contributed by atoms with Crippen molar-refractivity contribution in [2.75, 3.05) is 19.0 Å². The minimum absolute atomic E-state index is 0.0244. The van der Waals surface area contributed by atoms with Gasteiger partial charge in [0.1, 0.15) is 5.75 Å². The number of rotatable bonds is 5. The highest BCUT2D eigenvalue weighted by Gasteiger charge is 2.21. The Labute approximate surface area is 147 Å². The van der Waals surface area contributed by atoms with Crippen LogP contribution < -0.4 is 15.4 Å². The number of amides is 1. The predicted octanol–water partition coefficient (Wildman–Crippen LogP) is 3.95. The van der Waals surface area contributed by atoms with E-state index in [1.54, 1.807) is 19.2 Å². The van der Waals surface area contributed by atoms with Crippen LogP contribution in [-0.2, 0) is 11.2 Å². The van der Waals surface area contributed by atoms with Crippen LogP contribution in [0.3, 0.4) is 0 Å². The lowest BCUT2D eigenvalue weighted by Gasteiger charge is -2.26. The second kappa shape index (κ2) is 7.58. The van der Waals surface area contributed by atoms with Crippen LogP contribution in [0.5, 0.6) is 5.75 Å². The van der Waals surface area contributed by atoms with E-state index < -0.39 is 0 Å². The summed E-state index contributed by atoms with van der Waals surface area (Å²) in [6.07, 6.45) is 3.17. The Morgan fingerprint density at radius 1 is 1.29 bits per heavy atom. The Morgan fingerprint density at radius 3 is 2.92 bits per heavy atom. The molecule has 3 rings (SSSR count). The maximum atomic E-state index is 12.3. The maximum Gasteiger partial charge on any atom is 0.239 e. The molecule has 0 fully saturated rings. The van der Waals surface area contributed by atoms with E-state index in [-0.39, 0.29) is 18.5 Å². The molecule has 4 nitrogen and oxygen atoms in total. The van der Waals surface area contributed by atoms with Crippen LogP contribution in [0.25, 0.3) is 0 Å². The summed E-state index contributed by atoms with van der Waals surface area (Å²) in [5, 5.41) is 6.74. The molecule has 1 unspecified atom stereocenters. The number of carbonyl (C=O) groups excluding carboxylic acids is 1. The van der Waals surface area contributed by atoms with E-state index in [0.29, 0.717) is 10.8 Å². The van der Waals surface area contributed by atoms with Crippen LogP contribution in [0.1, 0.15) is 30.0 Å². The molecule has 0 radical (unpaired) electrons. The van der Waals surface area contributed by atoms with Crippen molar-refractivity contribution in [2.24, 2.45) is 0 Å². The predicted molar refractivity (Wildman–Crippen MR) is 96.8 cm³/mol. The monoisotopic (exact) mass is 344 g/mol. The van der Waals surface area contributed by atoms with Gasteiger partial charge in [-0.05, 0) is 48.6 Å². The molecule has 2 aromatic carbocycles. The Morgan fingerprint density at radius 2 is 2.12 bits per heavy atom. The topological polar surface area (TPSA) is 50.4 Å². The Hall–Kier alpha value is -2.20. The van der Waals surface area contributed by atoms with Crippen LogP contribution in [0, 0.1) is 0 Å². The fraction of sp³-hybridized carbons (Fsp3) is 0.316. The molecule has 5 heteroatoms. The number of hydrogen-bond acceptors (Lipinski definition) is 3. The molecule has 2 aromatic rings. The molecule has 1 atom stereocenters. The molecule has 2 N–H and O–H groups in total. The van der Waals surface area contributed by atoms with Crippen LogP contribution in [0.4, 0.5) is 5.69 Å². The number of halogens is 1. The van der Waals surface area contributed by atoms with E-state index in [1.165, 1.54) is 11.1 Å². The normalized spacial score (nSPS) is 16.2. The summed E-state index contributed by atoms with van der Waals surface area (Å²) < 4.78 is 5.12. The van der Waals surface area contributed by atoms with Gasteiger partial charge in [0.2, 0.25) is 5.91 Å². The third-order valence-electron chi connectivity index (χ3n) is 4.31. The molecule has 24 heavy (non-hydrogen) atoms. The molecule has 126 valence electrons. The summed E-state index contributed by atoms with van der Waals surface area (Å²) in [5.41, 5.74) is 3.37. The van der Waals surface area contributed by atoms with E-state index in [4.69, 9.17) is 16.3 Å². The SMILES string of the molecule is COc1ccc(NCC(=O)NC2CCCc3ccccc32)cc1Cl. The molecule has 0 aromatic heterocycles. The van der Waals surface area contributed by atoms with Crippen molar-refractivity contribution in [2.45, 2.75) is 25.3 Å². The molecule has 1 aliphatic carbocycles. The molecule has 1 amide bonds. The second-order valence-electron chi connectivity index (χ2n) is 5.91. The zero-order valence-corrected chi connectivity index (χ0v) is 14.4. The van der Waals surface area contributed by atoms with Crippen molar-refractivity contribution in [3.05, 3.63) is 58.6 Å². The molecule has 0 saturated heterocycles. The third-order valence-corrected chi connectivity index (χ3v) is 4.60. The quantitative estimate of drug-likeness (QED) is 0.863. The number of carbonyl (C=O) groups is 1. The van der Waals surface area contributed by atoms with Gasteiger partial charge in [-0.2, -0.15) is 0 Å². The molecule has 0 saturated carbocycles. The Balaban J connectivity index is 1.58. The lowest BCUT2D eigenvalue weighted by atomic mass is 9.88. The third kappa shape index (κ3) is 3.82. The number of aryl methyl sites for hydroxylation is 1. The van der Waals surface area contributed by atoms with E-state index in [1.807, 2.05) is 12.1 Å². The standard InChI is InChI=1S/C19H21ClN2O2/c1-24-18-10-9-14(11-16(18)20)21-12-19(23)22-17-8-4-6-13-5-2-3-7-15(13)17/h2-3,5,7,9-11,17,21H,4,6,8,12H2,1H3,(H,22,23). The Bertz CT molecular complexity index is 733. The van der Waals surface area contributed by atoms with Crippen molar-refractivity contribution < 1.29 is 9.53 Å². The minimum Gasteiger partial charge on any atom is -0.495 e. The average Bonchev–Trinajstić information content (AvgIpc) is 2.60. The number of methoxy groups -OCH3 is 1. The lowest BCUT2D eigenvalue weighted by molar-refractivity contribution is -0.120.